The molecule has 0 aliphatic heterocycles. The van der Waals surface area contributed by atoms with Crippen molar-refractivity contribution in [3.05, 3.63) is 0 Å². The van der Waals surface area contributed by atoms with Crippen LogP contribution in [0.2, 0.25) is 0 Å². The summed E-state index contributed by atoms with van der Waals surface area (Å²) >= 11 is 0. The van der Waals surface area contributed by atoms with Gasteiger partial charge in [-0.15, -0.1) is 0 Å². The van der Waals surface area contributed by atoms with Gasteiger partial charge in [-0.2, -0.15) is 0 Å². The Hall–Kier alpha value is -0.370. The Morgan fingerprint density at radius 3 is 2.73 bits per heavy atom. The molecule has 0 saturated heterocycles. The second-order valence-electron chi connectivity index (χ2n) is 3.93. The van der Waals surface area contributed by atoms with E-state index in [1.807, 2.05) is 6.92 Å². The number of rotatable bonds is 0. The Kier molecular flexibility index (Phi) is 1.53. The van der Waals surface area contributed by atoms with Crippen LogP contribution in [-0.2, 0) is 4.79 Å². The van der Waals surface area contributed by atoms with Crippen molar-refractivity contribution in [2.75, 3.05) is 0 Å². The molecule has 0 bridgehead atoms. The van der Waals surface area contributed by atoms with Crippen LogP contribution < -0.4 is 0 Å². The molecule has 2 fully saturated rings. The summed E-state index contributed by atoms with van der Waals surface area (Å²) in [5.74, 6) is 1.38. The first-order valence-corrected chi connectivity index (χ1v) is 4.41. The van der Waals surface area contributed by atoms with Crippen molar-refractivity contribution in [1.29, 1.82) is 0 Å². The zero-order chi connectivity index (χ0) is 8.01. The Morgan fingerprint density at radius 2 is 2.09 bits per heavy atom. The van der Waals surface area contributed by atoms with E-state index in [9.17, 15) is 9.90 Å². The molecule has 2 saturated carbocycles. The third kappa shape index (κ3) is 0.924. The van der Waals surface area contributed by atoms with Crippen LogP contribution in [0.1, 0.15) is 26.2 Å². The maximum absolute atomic E-state index is 11.2. The number of aliphatic hydroxyl groups is 1. The summed E-state index contributed by atoms with van der Waals surface area (Å²) in [6, 6.07) is 0. The van der Waals surface area contributed by atoms with Crippen LogP contribution >= 0.6 is 0 Å². The summed E-state index contributed by atoms with van der Waals surface area (Å²) in [6.07, 6.45) is 2.41. The monoisotopic (exact) mass is 154 g/mol. The van der Waals surface area contributed by atoms with E-state index in [4.69, 9.17) is 0 Å². The van der Waals surface area contributed by atoms with Gasteiger partial charge >= 0.3 is 0 Å². The largest absolute Gasteiger partial charge is 0.393 e. The highest BCUT2D eigenvalue weighted by Crippen LogP contribution is 2.45. The number of hydrogen-bond donors (Lipinski definition) is 1. The minimum Gasteiger partial charge on any atom is -0.393 e. The fraction of sp³-hybridized carbons (Fsp3) is 0.889. The minimum absolute atomic E-state index is 0.186. The van der Waals surface area contributed by atoms with Crippen LogP contribution in [0.3, 0.4) is 0 Å². The van der Waals surface area contributed by atoms with Gasteiger partial charge in [-0.25, -0.2) is 0 Å². The van der Waals surface area contributed by atoms with Crippen molar-refractivity contribution in [2.24, 2.45) is 17.8 Å². The standard InChI is InChI=1S/C9H14O2/c1-5-6-2-3-8(10)7(6)4-9(5)11/h5-8,10H,2-4H2,1H3/t5-,6-,7+,8?/m1/s1. The molecular weight excluding hydrogens is 140 g/mol. The number of carbonyl (C=O) groups is 1. The molecule has 2 nitrogen and oxygen atoms in total. The van der Waals surface area contributed by atoms with Crippen molar-refractivity contribution < 1.29 is 9.90 Å². The second kappa shape index (κ2) is 2.31. The summed E-state index contributed by atoms with van der Waals surface area (Å²) in [5.41, 5.74) is 0. The van der Waals surface area contributed by atoms with Crippen LogP contribution in [0.5, 0.6) is 0 Å². The number of hydrogen-bond acceptors (Lipinski definition) is 2. The summed E-state index contributed by atoms with van der Waals surface area (Å²) in [4.78, 5) is 11.2. The van der Waals surface area contributed by atoms with E-state index in [-0.39, 0.29) is 12.0 Å². The van der Waals surface area contributed by atoms with Gasteiger partial charge in [-0.05, 0) is 24.7 Å². The Labute approximate surface area is 66.6 Å². The third-order valence-corrected chi connectivity index (χ3v) is 3.43. The average molecular weight is 154 g/mol. The lowest BCUT2D eigenvalue weighted by Crippen LogP contribution is -2.15. The molecule has 0 radical (unpaired) electrons. The van der Waals surface area contributed by atoms with E-state index in [1.54, 1.807) is 0 Å². The van der Waals surface area contributed by atoms with Crippen molar-refractivity contribution in [1.82, 2.24) is 0 Å². The van der Waals surface area contributed by atoms with Crippen LogP contribution in [0.25, 0.3) is 0 Å². The highest BCUT2D eigenvalue weighted by atomic mass is 16.3. The first-order valence-electron chi connectivity index (χ1n) is 4.41. The van der Waals surface area contributed by atoms with Crippen molar-refractivity contribution >= 4 is 5.78 Å². The molecule has 2 aliphatic carbocycles. The third-order valence-electron chi connectivity index (χ3n) is 3.43. The zero-order valence-electron chi connectivity index (χ0n) is 6.79. The fourth-order valence-corrected chi connectivity index (χ4v) is 2.64. The Bertz CT molecular complexity index is 188. The SMILES string of the molecule is C[C@H]1C(=O)C[C@@H]2C(O)CC[C@@H]21. The smallest absolute Gasteiger partial charge is 0.136 e. The predicted molar refractivity (Wildman–Crippen MR) is 41.0 cm³/mol. The quantitative estimate of drug-likeness (QED) is 0.564. The van der Waals surface area contributed by atoms with Crippen LogP contribution in [0.15, 0.2) is 0 Å². The molecule has 2 aliphatic rings. The van der Waals surface area contributed by atoms with E-state index >= 15 is 0 Å². The lowest BCUT2D eigenvalue weighted by Gasteiger charge is -2.12. The van der Waals surface area contributed by atoms with Gasteiger partial charge in [0.25, 0.3) is 0 Å². The van der Waals surface area contributed by atoms with E-state index in [0.717, 1.165) is 12.8 Å². The van der Waals surface area contributed by atoms with Crippen molar-refractivity contribution in [3.63, 3.8) is 0 Å². The van der Waals surface area contributed by atoms with Gasteiger partial charge in [0.05, 0.1) is 6.10 Å². The summed E-state index contributed by atoms with van der Waals surface area (Å²) < 4.78 is 0. The Balaban J connectivity index is 2.18. The van der Waals surface area contributed by atoms with Gasteiger partial charge in [0.1, 0.15) is 5.78 Å². The maximum Gasteiger partial charge on any atom is 0.136 e. The lowest BCUT2D eigenvalue weighted by molar-refractivity contribution is -0.121. The maximum atomic E-state index is 11.2. The lowest BCUT2D eigenvalue weighted by atomic mass is 9.93. The molecule has 0 aromatic carbocycles. The molecule has 1 unspecified atom stereocenters. The van der Waals surface area contributed by atoms with Crippen molar-refractivity contribution in [3.8, 4) is 0 Å². The summed E-state index contributed by atoms with van der Waals surface area (Å²) in [7, 11) is 0. The van der Waals surface area contributed by atoms with Gasteiger partial charge in [-0.1, -0.05) is 6.92 Å². The topological polar surface area (TPSA) is 37.3 Å². The highest BCUT2D eigenvalue weighted by Gasteiger charge is 2.46. The summed E-state index contributed by atoms with van der Waals surface area (Å²) in [5, 5.41) is 9.48. The minimum atomic E-state index is -0.186. The van der Waals surface area contributed by atoms with E-state index in [2.05, 4.69) is 0 Å². The second-order valence-corrected chi connectivity index (χ2v) is 3.93. The number of carbonyl (C=O) groups excluding carboxylic acids is 1. The molecule has 0 aromatic rings. The zero-order valence-corrected chi connectivity index (χ0v) is 6.79. The molecule has 0 heterocycles. The van der Waals surface area contributed by atoms with Crippen LogP contribution in [-0.4, -0.2) is 17.0 Å². The molecule has 0 amide bonds. The molecule has 4 atom stereocenters. The molecule has 2 rings (SSSR count). The van der Waals surface area contributed by atoms with E-state index < -0.39 is 0 Å². The first-order chi connectivity index (χ1) is 5.20. The molecule has 11 heavy (non-hydrogen) atoms. The molecular formula is C9H14O2. The molecule has 0 aromatic heterocycles. The molecule has 0 spiro atoms. The highest BCUT2D eigenvalue weighted by molar-refractivity contribution is 5.83. The normalized spacial score (nSPS) is 49.8. The number of fused-ring (bicyclic) bond motifs is 1. The van der Waals surface area contributed by atoms with Gasteiger partial charge < -0.3 is 5.11 Å². The van der Waals surface area contributed by atoms with E-state index in [0.29, 0.717) is 24.0 Å². The van der Waals surface area contributed by atoms with Crippen LogP contribution in [0.4, 0.5) is 0 Å². The van der Waals surface area contributed by atoms with Gasteiger partial charge in [0, 0.05) is 12.3 Å². The molecule has 62 valence electrons. The van der Waals surface area contributed by atoms with Crippen molar-refractivity contribution in [2.45, 2.75) is 32.3 Å². The number of Topliss-reactive ketones (excluding diaryl/α,β-unsaturated/α-hetero) is 1. The van der Waals surface area contributed by atoms with Crippen LogP contribution in [0, 0.1) is 17.8 Å². The predicted octanol–water partition coefficient (Wildman–Crippen LogP) is 0.982. The fourth-order valence-electron chi connectivity index (χ4n) is 2.64. The molecule has 2 heteroatoms. The Morgan fingerprint density at radius 1 is 1.36 bits per heavy atom. The number of ketones is 1. The number of aliphatic hydroxyl groups excluding tert-OH is 1. The van der Waals surface area contributed by atoms with Gasteiger partial charge in [-0.3, -0.25) is 4.79 Å². The van der Waals surface area contributed by atoms with Gasteiger partial charge in [0.15, 0.2) is 0 Å². The summed E-state index contributed by atoms with van der Waals surface area (Å²) in [6.45, 7) is 2.00. The van der Waals surface area contributed by atoms with Gasteiger partial charge in [0.2, 0.25) is 0 Å². The molecule has 1 N–H and O–H groups in total. The van der Waals surface area contributed by atoms with E-state index in [1.165, 1.54) is 0 Å². The first kappa shape index (κ1) is 7.29. The average Bonchev–Trinajstić information content (AvgIpc) is 2.43.